The standard InChI is InChI=1S/C22H36N4O2/c1-6-12-26(13-7-2)21(28)22(3,4)20(27)23-18-8-10-19(11-9-18)25-16-14-24(5)15-17-25/h8-11H,6-7,12-17H2,1-5H3,(H,23,27). The van der Waals surface area contributed by atoms with E-state index in [0.29, 0.717) is 13.1 Å². The average molecular weight is 389 g/mol. The fourth-order valence-corrected chi connectivity index (χ4v) is 3.45. The van der Waals surface area contributed by atoms with E-state index in [9.17, 15) is 9.59 Å². The van der Waals surface area contributed by atoms with Gasteiger partial charge < -0.3 is 20.0 Å². The number of nitrogens with one attached hydrogen (secondary N) is 1. The van der Waals surface area contributed by atoms with E-state index in [1.807, 2.05) is 38.1 Å². The summed E-state index contributed by atoms with van der Waals surface area (Å²) in [7, 11) is 2.14. The lowest BCUT2D eigenvalue weighted by Gasteiger charge is -2.34. The molecule has 1 heterocycles. The Labute approximate surface area is 169 Å². The van der Waals surface area contributed by atoms with Gasteiger partial charge in [-0.3, -0.25) is 9.59 Å². The Morgan fingerprint density at radius 2 is 1.54 bits per heavy atom. The lowest BCUT2D eigenvalue weighted by molar-refractivity contribution is -0.146. The molecule has 1 aromatic carbocycles. The van der Waals surface area contributed by atoms with Gasteiger partial charge in [-0.15, -0.1) is 0 Å². The molecule has 156 valence electrons. The number of anilines is 2. The monoisotopic (exact) mass is 388 g/mol. The van der Waals surface area contributed by atoms with E-state index in [1.165, 1.54) is 5.69 Å². The summed E-state index contributed by atoms with van der Waals surface area (Å²) in [5.74, 6) is -0.371. The van der Waals surface area contributed by atoms with Crippen molar-refractivity contribution in [2.24, 2.45) is 5.41 Å². The largest absolute Gasteiger partial charge is 0.369 e. The number of carbonyl (C=O) groups is 2. The number of nitrogens with zero attached hydrogens (tertiary/aromatic N) is 3. The molecule has 2 amide bonds. The SMILES string of the molecule is CCCN(CCC)C(=O)C(C)(C)C(=O)Nc1ccc(N2CCN(C)CC2)cc1. The molecule has 6 heteroatoms. The van der Waals surface area contributed by atoms with Gasteiger partial charge in [-0.1, -0.05) is 13.8 Å². The quantitative estimate of drug-likeness (QED) is 0.696. The van der Waals surface area contributed by atoms with Crippen LogP contribution in [0.5, 0.6) is 0 Å². The van der Waals surface area contributed by atoms with E-state index in [4.69, 9.17) is 0 Å². The maximum Gasteiger partial charge on any atom is 0.239 e. The molecular formula is C22H36N4O2. The molecule has 1 saturated heterocycles. The number of hydrogen-bond acceptors (Lipinski definition) is 4. The molecule has 0 atom stereocenters. The van der Waals surface area contributed by atoms with Crippen molar-refractivity contribution in [1.29, 1.82) is 0 Å². The van der Waals surface area contributed by atoms with E-state index >= 15 is 0 Å². The Kier molecular flexibility index (Phi) is 7.87. The molecule has 1 N–H and O–H groups in total. The first kappa shape index (κ1) is 22.2. The lowest BCUT2D eigenvalue weighted by atomic mass is 9.90. The number of piperazine rings is 1. The highest BCUT2D eigenvalue weighted by molar-refractivity contribution is 6.09. The fourth-order valence-electron chi connectivity index (χ4n) is 3.45. The Morgan fingerprint density at radius 1 is 1.00 bits per heavy atom. The van der Waals surface area contributed by atoms with E-state index < -0.39 is 5.41 Å². The first-order valence-electron chi connectivity index (χ1n) is 10.4. The minimum absolute atomic E-state index is 0.109. The molecule has 28 heavy (non-hydrogen) atoms. The summed E-state index contributed by atoms with van der Waals surface area (Å²) < 4.78 is 0. The maximum atomic E-state index is 12.9. The summed E-state index contributed by atoms with van der Waals surface area (Å²) in [5, 5.41) is 2.93. The summed E-state index contributed by atoms with van der Waals surface area (Å²) in [4.78, 5) is 32.2. The fraction of sp³-hybridized carbons (Fsp3) is 0.636. The zero-order valence-corrected chi connectivity index (χ0v) is 18.1. The van der Waals surface area contributed by atoms with Crippen molar-refractivity contribution >= 4 is 23.2 Å². The summed E-state index contributed by atoms with van der Waals surface area (Å²) in [5.41, 5.74) is 0.792. The molecule has 0 unspecified atom stereocenters. The predicted octanol–water partition coefficient (Wildman–Crippen LogP) is 3.05. The van der Waals surface area contributed by atoms with Crippen molar-refractivity contribution in [2.45, 2.75) is 40.5 Å². The molecule has 1 fully saturated rings. The van der Waals surface area contributed by atoms with Crippen LogP contribution in [-0.2, 0) is 9.59 Å². The Hall–Kier alpha value is -2.08. The highest BCUT2D eigenvalue weighted by atomic mass is 16.2. The van der Waals surface area contributed by atoms with Crippen molar-refractivity contribution < 1.29 is 9.59 Å². The van der Waals surface area contributed by atoms with Crippen molar-refractivity contribution in [2.75, 3.05) is 56.5 Å². The number of hydrogen-bond donors (Lipinski definition) is 1. The highest BCUT2D eigenvalue weighted by Crippen LogP contribution is 2.24. The highest BCUT2D eigenvalue weighted by Gasteiger charge is 2.38. The molecule has 0 spiro atoms. The lowest BCUT2D eigenvalue weighted by Crippen LogP contribution is -2.47. The van der Waals surface area contributed by atoms with Crippen LogP contribution < -0.4 is 10.2 Å². The normalized spacial score (nSPS) is 15.4. The third kappa shape index (κ3) is 5.47. The van der Waals surface area contributed by atoms with Gasteiger partial charge in [0.15, 0.2) is 0 Å². The van der Waals surface area contributed by atoms with Crippen LogP contribution in [-0.4, -0.2) is 67.9 Å². The topological polar surface area (TPSA) is 55.9 Å². The summed E-state index contributed by atoms with van der Waals surface area (Å²) >= 11 is 0. The molecule has 0 aromatic heterocycles. The van der Waals surface area contributed by atoms with E-state index in [-0.39, 0.29) is 11.8 Å². The average Bonchev–Trinajstić information content (AvgIpc) is 2.68. The van der Waals surface area contributed by atoms with Crippen molar-refractivity contribution in [3.63, 3.8) is 0 Å². The molecule has 0 aliphatic carbocycles. The Morgan fingerprint density at radius 3 is 2.04 bits per heavy atom. The minimum Gasteiger partial charge on any atom is -0.369 e. The molecule has 0 saturated carbocycles. The van der Waals surface area contributed by atoms with Crippen LogP contribution in [0.2, 0.25) is 0 Å². The van der Waals surface area contributed by atoms with Crippen LogP contribution in [0.4, 0.5) is 11.4 Å². The van der Waals surface area contributed by atoms with Crippen LogP contribution in [0.1, 0.15) is 40.5 Å². The number of likely N-dealkylation sites (N-methyl/N-ethyl adjacent to an activating group) is 1. The second-order valence-electron chi connectivity index (χ2n) is 8.21. The maximum absolute atomic E-state index is 12.9. The van der Waals surface area contributed by atoms with Crippen molar-refractivity contribution in [1.82, 2.24) is 9.80 Å². The summed E-state index contributed by atoms with van der Waals surface area (Å²) in [6, 6.07) is 7.91. The first-order valence-corrected chi connectivity index (χ1v) is 10.4. The van der Waals surface area contributed by atoms with Gasteiger partial charge in [-0.25, -0.2) is 0 Å². The van der Waals surface area contributed by atoms with Gasteiger partial charge >= 0.3 is 0 Å². The summed E-state index contributed by atoms with van der Waals surface area (Å²) in [6.07, 6.45) is 1.77. The van der Waals surface area contributed by atoms with Crippen LogP contribution in [0, 0.1) is 5.41 Å². The number of benzene rings is 1. The minimum atomic E-state index is -1.10. The Bertz CT molecular complexity index is 643. The molecule has 0 radical (unpaired) electrons. The van der Waals surface area contributed by atoms with Crippen molar-refractivity contribution in [3.8, 4) is 0 Å². The number of amides is 2. The number of carbonyl (C=O) groups excluding carboxylic acids is 2. The van der Waals surface area contributed by atoms with Gasteiger partial charge in [-0.2, -0.15) is 0 Å². The van der Waals surface area contributed by atoms with Crippen LogP contribution in [0.15, 0.2) is 24.3 Å². The molecule has 1 aromatic rings. The molecular weight excluding hydrogens is 352 g/mol. The van der Waals surface area contributed by atoms with Gasteiger partial charge in [0.2, 0.25) is 11.8 Å². The van der Waals surface area contributed by atoms with Crippen LogP contribution >= 0.6 is 0 Å². The number of rotatable bonds is 8. The van der Waals surface area contributed by atoms with Crippen LogP contribution in [0.3, 0.4) is 0 Å². The van der Waals surface area contributed by atoms with Crippen molar-refractivity contribution in [3.05, 3.63) is 24.3 Å². The summed E-state index contributed by atoms with van der Waals surface area (Å²) in [6.45, 7) is 13.0. The van der Waals surface area contributed by atoms with E-state index in [2.05, 4.69) is 22.2 Å². The third-order valence-electron chi connectivity index (χ3n) is 5.37. The third-order valence-corrected chi connectivity index (χ3v) is 5.37. The smallest absolute Gasteiger partial charge is 0.239 e. The van der Waals surface area contributed by atoms with E-state index in [1.54, 1.807) is 18.7 Å². The molecule has 6 nitrogen and oxygen atoms in total. The first-order chi connectivity index (χ1) is 13.3. The van der Waals surface area contributed by atoms with Gasteiger partial charge in [0.1, 0.15) is 5.41 Å². The van der Waals surface area contributed by atoms with Gasteiger partial charge in [0, 0.05) is 50.6 Å². The second kappa shape index (κ2) is 9.92. The van der Waals surface area contributed by atoms with Gasteiger partial charge in [0.05, 0.1) is 0 Å². The van der Waals surface area contributed by atoms with Crippen LogP contribution in [0.25, 0.3) is 0 Å². The molecule has 0 bridgehead atoms. The Balaban J connectivity index is 2.01. The predicted molar refractivity (Wildman–Crippen MR) is 116 cm³/mol. The second-order valence-corrected chi connectivity index (χ2v) is 8.21. The van der Waals surface area contributed by atoms with E-state index in [0.717, 1.165) is 44.7 Å². The molecule has 1 aliphatic heterocycles. The zero-order chi connectivity index (χ0) is 20.7. The zero-order valence-electron chi connectivity index (χ0n) is 18.1. The van der Waals surface area contributed by atoms with Gasteiger partial charge in [-0.05, 0) is 58.0 Å². The van der Waals surface area contributed by atoms with Gasteiger partial charge in [0.25, 0.3) is 0 Å². The molecule has 1 aliphatic rings. The molecule has 2 rings (SSSR count).